The monoisotopic (exact) mass is 789 g/mol. The molecule has 19 heteroatoms. The number of hydrogen-bond donors (Lipinski definition) is 5. The summed E-state index contributed by atoms with van der Waals surface area (Å²) in [6, 6.07) is 0. The lowest BCUT2D eigenvalue weighted by molar-refractivity contribution is -0.137. The topological polar surface area (TPSA) is 257 Å². The minimum atomic E-state index is -3.35. The zero-order valence-corrected chi connectivity index (χ0v) is 32.8. The molecule has 0 unspecified atom stereocenters. The number of carboxylic acid groups (broad SMARTS) is 1. The Kier molecular flexibility index (Phi) is 19.3. The number of amides is 1. The molecule has 0 aliphatic heterocycles. The zero-order chi connectivity index (χ0) is 38.7. The number of hydroxylamine groups is 1. The largest absolute Gasteiger partial charge is 0.481 e. The van der Waals surface area contributed by atoms with Gasteiger partial charge in [-0.3, -0.25) is 14.8 Å². The third-order valence-corrected chi connectivity index (χ3v) is 12.8. The van der Waals surface area contributed by atoms with Gasteiger partial charge < -0.3 is 14.2 Å². The third-order valence-electron chi connectivity index (χ3n) is 10.1. The van der Waals surface area contributed by atoms with Gasteiger partial charge in [0, 0.05) is 18.3 Å². The lowest BCUT2D eigenvalue weighted by atomic mass is 9.84. The summed E-state index contributed by atoms with van der Waals surface area (Å²) < 4.78 is 61.2. The van der Waals surface area contributed by atoms with Crippen LogP contribution < -0.4 is 14.9 Å². The summed E-state index contributed by atoms with van der Waals surface area (Å²) in [6.45, 7) is 2.97. The van der Waals surface area contributed by atoms with E-state index in [0.717, 1.165) is 37.5 Å². The molecule has 2 aromatic rings. The van der Waals surface area contributed by atoms with E-state index in [9.17, 15) is 26.4 Å². The summed E-state index contributed by atoms with van der Waals surface area (Å²) in [6.07, 6.45) is 18.4. The molecule has 2 saturated carbocycles. The van der Waals surface area contributed by atoms with Crippen molar-refractivity contribution in [1.29, 1.82) is 0 Å². The maximum atomic E-state index is 11.6. The van der Waals surface area contributed by atoms with Gasteiger partial charge in [-0.2, -0.15) is 9.97 Å². The average molecular weight is 790 g/mol. The highest BCUT2D eigenvalue weighted by molar-refractivity contribution is 7.89. The Morgan fingerprint density at radius 3 is 1.51 bits per heavy atom. The van der Waals surface area contributed by atoms with E-state index in [1.165, 1.54) is 64.2 Å². The maximum Gasteiger partial charge on any atom is 0.304 e. The molecule has 2 heterocycles. The normalized spacial score (nSPS) is 17.1. The van der Waals surface area contributed by atoms with Crippen LogP contribution in [0.25, 0.3) is 0 Å². The van der Waals surface area contributed by atoms with Crippen molar-refractivity contribution in [2.45, 2.75) is 154 Å². The van der Waals surface area contributed by atoms with Crippen molar-refractivity contribution in [2.75, 3.05) is 11.5 Å². The van der Waals surface area contributed by atoms with E-state index in [-0.39, 0.29) is 66.8 Å². The number of nitrogens with zero attached hydrogens (tertiary/aromatic N) is 4. The number of sulfonamides is 2. The van der Waals surface area contributed by atoms with Crippen LogP contribution in [-0.2, 0) is 42.7 Å². The van der Waals surface area contributed by atoms with Crippen molar-refractivity contribution in [1.82, 2.24) is 35.2 Å². The van der Waals surface area contributed by atoms with Gasteiger partial charge in [0.25, 0.3) is 0 Å². The molecule has 2 fully saturated rings. The highest BCUT2D eigenvalue weighted by Crippen LogP contribution is 2.32. The second kappa shape index (κ2) is 23.0. The van der Waals surface area contributed by atoms with E-state index in [1.54, 1.807) is 19.3 Å². The Balaban J connectivity index is 0.000000286. The average Bonchev–Trinajstić information content (AvgIpc) is 3.84. The number of nitrogens with one attached hydrogen (secondary N) is 3. The standard InChI is InChI=1S/C17H30N4O5S.C17H29N3O5S/c1-2-27(24,25)18-12-15-19-17(26-21-15)14(11-16(22)20-23)10-6-9-13-7-4-3-5-8-13;1-2-26(23,24)18-12-15-19-17(25-20-15)14(11-16(21)22)10-6-9-13-7-4-3-5-8-13/h13-14,18,23H,2-12H2,1H3,(H,20,22);13-14,18H,2-12H2,1H3,(H,21,22)/t2*14-/m11/s1. The second-order valence-electron chi connectivity index (χ2n) is 14.1. The smallest absolute Gasteiger partial charge is 0.304 e. The predicted octanol–water partition coefficient (Wildman–Crippen LogP) is 5.06. The summed E-state index contributed by atoms with van der Waals surface area (Å²) in [5.74, 6) is 0.411. The van der Waals surface area contributed by atoms with E-state index in [0.29, 0.717) is 18.7 Å². The minimum Gasteiger partial charge on any atom is -0.481 e. The van der Waals surface area contributed by atoms with Crippen LogP contribution in [0.3, 0.4) is 0 Å². The quantitative estimate of drug-likeness (QED) is 0.0772. The molecule has 5 N–H and O–H groups in total. The number of aromatic nitrogens is 4. The minimum absolute atomic E-state index is 0.0273. The molecule has 0 aromatic carbocycles. The molecule has 302 valence electrons. The fraction of sp³-hybridized carbons (Fsp3) is 0.824. The Hall–Kier alpha value is -3.00. The van der Waals surface area contributed by atoms with Gasteiger partial charge in [-0.15, -0.1) is 0 Å². The van der Waals surface area contributed by atoms with Gasteiger partial charge in [0.2, 0.25) is 37.7 Å². The number of rotatable bonds is 22. The molecule has 2 aliphatic rings. The highest BCUT2D eigenvalue weighted by Gasteiger charge is 2.25. The lowest BCUT2D eigenvalue weighted by Crippen LogP contribution is -2.25. The first-order valence-electron chi connectivity index (χ1n) is 19.1. The number of aliphatic carboxylic acids is 1. The summed E-state index contributed by atoms with van der Waals surface area (Å²) in [4.78, 5) is 31.2. The molecule has 1 amide bonds. The van der Waals surface area contributed by atoms with E-state index in [2.05, 4.69) is 29.7 Å². The molecule has 2 aliphatic carbocycles. The molecular weight excluding hydrogens is 731 g/mol. The molecule has 53 heavy (non-hydrogen) atoms. The van der Waals surface area contributed by atoms with Gasteiger partial charge in [0.1, 0.15) is 0 Å². The summed E-state index contributed by atoms with van der Waals surface area (Å²) >= 11 is 0. The van der Waals surface area contributed by atoms with E-state index in [1.807, 2.05) is 0 Å². The molecular formula is C34H59N7O10S2. The SMILES string of the molecule is CCS(=O)(=O)NCc1noc([C@H](CCCC2CCCCC2)CC(=O)NO)n1.CCS(=O)(=O)NCc1noc([C@H](CCCC2CCCCC2)CC(=O)O)n1. The molecule has 17 nitrogen and oxygen atoms in total. The molecule has 0 bridgehead atoms. The first-order valence-corrected chi connectivity index (χ1v) is 22.4. The third kappa shape index (κ3) is 17.3. The fourth-order valence-electron chi connectivity index (χ4n) is 6.93. The Morgan fingerprint density at radius 2 is 1.13 bits per heavy atom. The molecule has 2 atom stereocenters. The fourth-order valence-corrected chi connectivity index (χ4v) is 8.03. The molecule has 0 radical (unpaired) electrons. The first-order chi connectivity index (χ1) is 25.3. The van der Waals surface area contributed by atoms with Crippen molar-refractivity contribution in [3.8, 4) is 0 Å². The van der Waals surface area contributed by atoms with Crippen LogP contribution in [0.2, 0.25) is 0 Å². The molecule has 0 saturated heterocycles. The summed E-state index contributed by atoms with van der Waals surface area (Å²) in [5.41, 5.74) is 1.64. The number of hydrogen-bond acceptors (Lipinski definition) is 13. The second-order valence-corrected chi connectivity index (χ2v) is 18.3. The lowest BCUT2D eigenvalue weighted by Gasteiger charge is -2.22. The van der Waals surface area contributed by atoms with Crippen LogP contribution in [0.15, 0.2) is 9.05 Å². The Labute approximate surface area is 313 Å². The van der Waals surface area contributed by atoms with Crippen LogP contribution in [0, 0.1) is 11.8 Å². The van der Waals surface area contributed by atoms with Crippen LogP contribution in [0.5, 0.6) is 0 Å². The number of carboxylic acids is 1. The zero-order valence-electron chi connectivity index (χ0n) is 31.1. The van der Waals surface area contributed by atoms with Gasteiger partial charge in [0.15, 0.2) is 11.6 Å². The van der Waals surface area contributed by atoms with Crippen LogP contribution in [0.4, 0.5) is 0 Å². The van der Waals surface area contributed by atoms with Gasteiger partial charge in [-0.1, -0.05) is 100 Å². The number of carbonyl (C=O) groups is 2. The van der Waals surface area contributed by atoms with Crippen molar-refractivity contribution >= 4 is 31.9 Å². The Morgan fingerprint density at radius 1 is 0.717 bits per heavy atom. The van der Waals surface area contributed by atoms with Crippen molar-refractivity contribution in [3.05, 3.63) is 23.4 Å². The van der Waals surface area contributed by atoms with Crippen LogP contribution >= 0.6 is 0 Å². The Bertz CT molecular complexity index is 1590. The molecule has 0 spiro atoms. The molecule has 2 aromatic heterocycles. The van der Waals surface area contributed by atoms with Gasteiger partial charge in [0.05, 0.1) is 31.0 Å². The van der Waals surface area contributed by atoms with E-state index < -0.39 is 31.9 Å². The van der Waals surface area contributed by atoms with E-state index in [4.69, 9.17) is 19.4 Å². The maximum absolute atomic E-state index is 11.6. The molecule has 4 rings (SSSR count). The summed E-state index contributed by atoms with van der Waals surface area (Å²) in [7, 11) is -6.69. The van der Waals surface area contributed by atoms with Gasteiger partial charge in [-0.05, 0) is 38.5 Å². The predicted molar refractivity (Wildman–Crippen MR) is 194 cm³/mol. The van der Waals surface area contributed by atoms with Crippen LogP contribution in [-0.4, -0.2) is 70.8 Å². The first kappa shape index (κ1) is 44.4. The van der Waals surface area contributed by atoms with Crippen molar-refractivity contribution in [2.24, 2.45) is 11.8 Å². The van der Waals surface area contributed by atoms with Gasteiger partial charge in [-0.25, -0.2) is 31.8 Å². The number of carbonyl (C=O) groups excluding carboxylic acids is 1. The van der Waals surface area contributed by atoms with Crippen molar-refractivity contribution in [3.63, 3.8) is 0 Å². The highest BCUT2D eigenvalue weighted by atomic mass is 32.2. The van der Waals surface area contributed by atoms with Crippen molar-refractivity contribution < 1.29 is 45.8 Å². The van der Waals surface area contributed by atoms with E-state index >= 15 is 0 Å². The summed E-state index contributed by atoms with van der Waals surface area (Å²) in [5, 5.41) is 25.6. The van der Waals surface area contributed by atoms with Gasteiger partial charge >= 0.3 is 5.97 Å². The van der Waals surface area contributed by atoms with Crippen LogP contribution in [0.1, 0.15) is 165 Å².